The van der Waals surface area contributed by atoms with Crippen LogP contribution in [-0.2, 0) is 6.42 Å². The lowest BCUT2D eigenvalue weighted by Crippen LogP contribution is -2.21. The largest absolute Gasteiger partial charge is 0.310 e. The van der Waals surface area contributed by atoms with Gasteiger partial charge >= 0.3 is 0 Å². The van der Waals surface area contributed by atoms with Crippen molar-refractivity contribution < 1.29 is 0 Å². The molecule has 0 aliphatic rings. The molecule has 0 bridgehead atoms. The van der Waals surface area contributed by atoms with Gasteiger partial charge in [-0.05, 0) is 42.9 Å². The highest BCUT2D eigenvalue weighted by Crippen LogP contribution is 2.19. The fourth-order valence-corrected chi connectivity index (χ4v) is 2.22. The van der Waals surface area contributed by atoms with E-state index in [1.54, 1.807) is 0 Å². The smallest absolute Gasteiger partial charge is 0.0317 e. The van der Waals surface area contributed by atoms with Crippen molar-refractivity contribution in [2.24, 2.45) is 5.92 Å². The van der Waals surface area contributed by atoms with Gasteiger partial charge in [-0.3, -0.25) is 0 Å². The van der Waals surface area contributed by atoms with Gasteiger partial charge in [-0.1, -0.05) is 52.0 Å². The van der Waals surface area contributed by atoms with E-state index < -0.39 is 0 Å². The van der Waals surface area contributed by atoms with Gasteiger partial charge in [0.1, 0.15) is 0 Å². The van der Waals surface area contributed by atoms with Crippen LogP contribution in [0, 0.1) is 5.92 Å². The average Bonchev–Trinajstić information content (AvgIpc) is 2.30. The molecule has 0 spiro atoms. The van der Waals surface area contributed by atoms with Crippen LogP contribution in [0.25, 0.3) is 0 Å². The van der Waals surface area contributed by atoms with E-state index in [4.69, 9.17) is 0 Å². The van der Waals surface area contributed by atoms with Crippen molar-refractivity contribution in [3.63, 3.8) is 0 Å². The monoisotopic (exact) mass is 233 g/mol. The Morgan fingerprint density at radius 3 is 2.53 bits per heavy atom. The molecule has 1 heteroatoms. The highest BCUT2D eigenvalue weighted by atomic mass is 14.9. The Kier molecular flexibility index (Phi) is 6.28. The third-order valence-electron chi connectivity index (χ3n) is 3.05. The summed E-state index contributed by atoms with van der Waals surface area (Å²) < 4.78 is 0. The van der Waals surface area contributed by atoms with Crippen LogP contribution in [0.1, 0.15) is 57.7 Å². The molecule has 17 heavy (non-hydrogen) atoms. The first kappa shape index (κ1) is 14.2. The number of benzene rings is 1. The fraction of sp³-hybridized carbons (Fsp3) is 0.625. The maximum absolute atomic E-state index is 3.62. The lowest BCUT2D eigenvalue weighted by molar-refractivity contribution is 0.517. The third kappa shape index (κ3) is 4.91. The van der Waals surface area contributed by atoms with Gasteiger partial charge in [0, 0.05) is 6.04 Å². The highest BCUT2D eigenvalue weighted by Gasteiger charge is 2.08. The first-order chi connectivity index (χ1) is 8.17. The lowest BCUT2D eigenvalue weighted by Gasteiger charge is -2.18. The Morgan fingerprint density at radius 2 is 1.94 bits per heavy atom. The SMILES string of the molecule is CCCNC(CC)c1cccc(CC(C)C)c1. The highest BCUT2D eigenvalue weighted by molar-refractivity contribution is 5.26. The minimum Gasteiger partial charge on any atom is -0.310 e. The lowest BCUT2D eigenvalue weighted by atomic mass is 9.97. The van der Waals surface area contributed by atoms with E-state index >= 15 is 0 Å². The number of nitrogens with one attached hydrogen (secondary N) is 1. The molecule has 0 heterocycles. The van der Waals surface area contributed by atoms with E-state index in [0.29, 0.717) is 6.04 Å². The van der Waals surface area contributed by atoms with Gasteiger partial charge in [-0.25, -0.2) is 0 Å². The quantitative estimate of drug-likeness (QED) is 0.739. The molecule has 0 saturated carbocycles. The zero-order chi connectivity index (χ0) is 12.7. The number of hydrogen-bond acceptors (Lipinski definition) is 1. The van der Waals surface area contributed by atoms with Crippen LogP contribution in [0.2, 0.25) is 0 Å². The molecule has 0 fully saturated rings. The third-order valence-corrected chi connectivity index (χ3v) is 3.05. The first-order valence-corrected chi connectivity index (χ1v) is 6.99. The van der Waals surface area contributed by atoms with Gasteiger partial charge in [-0.2, -0.15) is 0 Å². The molecule has 0 amide bonds. The van der Waals surface area contributed by atoms with E-state index in [1.165, 1.54) is 24.0 Å². The van der Waals surface area contributed by atoms with Crippen LogP contribution in [0.4, 0.5) is 0 Å². The van der Waals surface area contributed by atoms with Gasteiger partial charge in [0.05, 0.1) is 0 Å². The maximum Gasteiger partial charge on any atom is 0.0317 e. The van der Waals surface area contributed by atoms with Crippen molar-refractivity contribution >= 4 is 0 Å². The van der Waals surface area contributed by atoms with Gasteiger partial charge in [0.15, 0.2) is 0 Å². The van der Waals surface area contributed by atoms with Gasteiger partial charge in [0.2, 0.25) is 0 Å². The van der Waals surface area contributed by atoms with Gasteiger partial charge in [0.25, 0.3) is 0 Å². The van der Waals surface area contributed by atoms with E-state index in [0.717, 1.165) is 18.9 Å². The Hall–Kier alpha value is -0.820. The van der Waals surface area contributed by atoms with Crippen LogP contribution in [-0.4, -0.2) is 6.54 Å². The molecule has 0 saturated heterocycles. The summed E-state index contributed by atoms with van der Waals surface area (Å²) in [4.78, 5) is 0. The molecular formula is C16H27N. The van der Waals surface area contributed by atoms with Gasteiger partial charge in [-0.15, -0.1) is 0 Å². The molecule has 1 N–H and O–H groups in total. The van der Waals surface area contributed by atoms with Gasteiger partial charge < -0.3 is 5.32 Å². The minimum absolute atomic E-state index is 0.516. The molecule has 1 unspecified atom stereocenters. The van der Waals surface area contributed by atoms with E-state index in [9.17, 15) is 0 Å². The summed E-state index contributed by atoms with van der Waals surface area (Å²) in [6.07, 6.45) is 3.53. The second-order valence-corrected chi connectivity index (χ2v) is 5.26. The number of rotatable bonds is 7. The fourth-order valence-electron chi connectivity index (χ4n) is 2.22. The summed E-state index contributed by atoms with van der Waals surface area (Å²) in [5.41, 5.74) is 2.91. The predicted octanol–water partition coefficient (Wildman–Crippen LogP) is 4.34. The Bertz CT molecular complexity index is 317. The molecule has 0 aliphatic carbocycles. The van der Waals surface area contributed by atoms with Crippen molar-refractivity contribution in [3.8, 4) is 0 Å². The molecule has 0 radical (unpaired) electrons. The maximum atomic E-state index is 3.62. The summed E-state index contributed by atoms with van der Waals surface area (Å²) >= 11 is 0. The second kappa shape index (κ2) is 7.50. The molecule has 1 atom stereocenters. The van der Waals surface area contributed by atoms with Crippen molar-refractivity contribution in [1.82, 2.24) is 5.32 Å². The standard InChI is InChI=1S/C16H27N/c1-5-10-17-16(6-2)15-9-7-8-14(12-15)11-13(3)4/h7-9,12-13,16-17H,5-6,10-11H2,1-4H3. The van der Waals surface area contributed by atoms with Crippen LogP contribution in [0.3, 0.4) is 0 Å². The zero-order valence-corrected chi connectivity index (χ0v) is 11.8. The van der Waals surface area contributed by atoms with Crippen molar-refractivity contribution in [2.45, 2.75) is 53.0 Å². The Balaban J connectivity index is 2.73. The van der Waals surface area contributed by atoms with Crippen LogP contribution < -0.4 is 5.32 Å². The van der Waals surface area contributed by atoms with Crippen molar-refractivity contribution in [2.75, 3.05) is 6.54 Å². The Labute approximate surface area is 107 Å². The molecule has 0 aliphatic heterocycles. The van der Waals surface area contributed by atoms with Crippen molar-refractivity contribution in [1.29, 1.82) is 0 Å². The van der Waals surface area contributed by atoms with Crippen LogP contribution in [0.5, 0.6) is 0 Å². The summed E-state index contributed by atoms with van der Waals surface area (Å²) in [5.74, 6) is 0.730. The summed E-state index contributed by atoms with van der Waals surface area (Å²) in [7, 11) is 0. The average molecular weight is 233 g/mol. The van der Waals surface area contributed by atoms with E-state index in [1.807, 2.05) is 0 Å². The Morgan fingerprint density at radius 1 is 1.18 bits per heavy atom. The summed E-state index contributed by atoms with van der Waals surface area (Å²) in [5, 5.41) is 3.62. The normalized spacial score (nSPS) is 13.0. The molecular weight excluding hydrogens is 206 g/mol. The zero-order valence-electron chi connectivity index (χ0n) is 11.8. The predicted molar refractivity (Wildman–Crippen MR) is 76.3 cm³/mol. The molecule has 96 valence electrons. The molecule has 0 aromatic heterocycles. The summed E-state index contributed by atoms with van der Waals surface area (Å²) in [6, 6.07) is 9.58. The second-order valence-electron chi connectivity index (χ2n) is 5.26. The van der Waals surface area contributed by atoms with Crippen LogP contribution in [0.15, 0.2) is 24.3 Å². The first-order valence-electron chi connectivity index (χ1n) is 6.99. The molecule has 1 aromatic carbocycles. The number of hydrogen-bond donors (Lipinski definition) is 1. The minimum atomic E-state index is 0.516. The van der Waals surface area contributed by atoms with Crippen molar-refractivity contribution in [3.05, 3.63) is 35.4 Å². The molecule has 1 nitrogen and oxygen atoms in total. The topological polar surface area (TPSA) is 12.0 Å². The molecule has 1 rings (SSSR count). The summed E-state index contributed by atoms with van der Waals surface area (Å²) in [6.45, 7) is 10.1. The molecule has 1 aromatic rings. The van der Waals surface area contributed by atoms with E-state index in [-0.39, 0.29) is 0 Å². The van der Waals surface area contributed by atoms with E-state index in [2.05, 4.69) is 57.3 Å². The van der Waals surface area contributed by atoms with Crippen LogP contribution >= 0.6 is 0 Å².